The van der Waals surface area contributed by atoms with Crippen molar-refractivity contribution in [2.45, 2.75) is 52.6 Å². The third-order valence-electron chi connectivity index (χ3n) is 3.75. The van der Waals surface area contributed by atoms with Crippen molar-refractivity contribution >= 4 is 0 Å². The lowest BCUT2D eigenvalue weighted by atomic mass is 9.99. The fourth-order valence-electron chi connectivity index (χ4n) is 2.81. The molecule has 3 nitrogen and oxygen atoms in total. The van der Waals surface area contributed by atoms with E-state index >= 15 is 0 Å². The van der Waals surface area contributed by atoms with Gasteiger partial charge in [0.1, 0.15) is 5.76 Å². The molecule has 2 aromatic rings. The van der Waals surface area contributed by atoms with E-state index in [1.807, 2.05) is 13.8 Å². The van der Waals surface area contributed by atoms with Gasteiger partial charge in [0, 0.05) is 17.6 Å². The number of aromatic nitrogens is 1. The molecule has 0 aliphatic heterocycles. The van der Waals surface area contributed by atoms with E-state index in [1.165, 1.54) is 11.1 Å². The highest BCUT2D eigenvalue weighted by molar-refractivity contribution is 5.26. The summed E-state index contributed by atoms with van der Waals surface area (Å²) in [6.45, 7) is 8.38. The molecule has 2 rings (SSSR count). The number of hydrogen-bond acceptors (Lipinski definition) is 3. The Morgan fingerprint density at radius 3 is 2.45 bits per heavy atom. The first-order valence-corrected chi connectivity index (χ1v) is 7.37. The van der Waals surface area contributed by atoms with Gasteiger partial charge in [-0.05, 0) is 32.8 Å². The van der Waals surface area contributed by atoms with Gasteiger partial charge < -0.3 is 9.84 Å². The molecule has 20 heavy (non-hydrogen) atoms. The van der Waals surface area contributed by atoms with Crippen molar-refractivity contribution in [2.24, 2.45) is 0 Å². The van der Waals surface area contributed by atoms with Crippen molar-refractivity contribution in [1.82, 2.24) is 10.5 Å². The third kappa shape index (κ3) is 3.28. The predicted molar refractivity (Wildman–Crippen MR) is 81.6 cm³/mol. The van der Waals surface area contributed by atoms with Gasteiger partial charge >= 0.3 is 0 Å². The van der Waals surface area contributed by atoms with Crippen LogP contribution in [0.1, 0.15) is 61.4 Å². The SMILES string of the molecule is CCCC(NC(C)c1c(C)noc1C)c1ccccc1. The van der Waals surface area contributed by atoms with Crippen LogP contribution in [0.25, 0.3) is 0 Å². The van der Waals surface area contributed by atoms with E-state index in [0.717, 1.165) is 24.3 Å². The molecule has 1 N–H and O–H groups in total. The largest absolute Gasteiger partial charge is 0.361 e. The van der Waals surface area contributed by atoms with E-state index in [1.54, 1.807) is 0 Å². The Bertz CT molecular complexity index is 514. The molecule has 0 bridgehead atoms. The van der Waals surface area contributed by atoms with Crippen molar-refractivity contribution in [2.75, 3.05) is 0 Å². The van der Waals surface area contributed by atoms with Crippen LogP contribution in [0.3, 0.4) is 0 Å². The number of rotatable bonds is 6. The number of nitrogens with zero attached hydrogens (tertiary/aromatic N) is 1. The molecule has 1 aromatic heterocycles. The van der Waals surface area contributed by atoms with Gasteiger partial charge in [-0.1, -0.05) is 48.8 Å². The first-order chi connectivity index (χ1) is 9.63. The molecule has 2 atom stereocenters. The summed E-state index contributed by atoms with van der Waals surface area (Å²) < 4.78 is 5.27. The lowest BCUT2D eigenvalue weighted by molar-refractivity contribution is 0.387. The van der Waals surface area contributed by atoms with Crippen LogP contribution in [0.4, 0.5) is 0 Å². The van der Waals surface area contributed by atoms with E-state index < -0.39 is 0 Å². The molecule has 0 radical (unpaired) electrons. The van der Waals surface area contributed by atoms with E-state index in [9.17, 15) is 0 Å². The summed E-state index contributed by atoms with van der Waals surface area (Å²) in [4.78, 5) is 0. The molecule has 1 heterocycles. The Hall–Kier alpha value is -1.61. The van der Waals surface area contributed by atoms with Gasteiger partial charge in [0.05, 0.1) is 5.69 Å². The summed E-state index contributed by atoms with van der Waals surface area (Å²) >= 11 is 0. The zero-order valence-electron chi connectivity index (χ0n) is 12.8. The fourth-order valence-corrected chi connectivity index (χ4v) is 2.81. The van der Waals surface area contributed by atoms with Crippen LogP contribution in [-0.4, -0.2) is 5.16 Å². The normalized spacial score (nSPS) is 14.2. The molecule has 0 saturated carbocycles. The second-order valence-electron chi connectivity index (χ2n) is 5.38. The van der Waals surface area contributed by atoms with Crippen molar-refractivity contribution < 1.29 is 4.52 Å². The van der Waals surface area contributed by atoms with E-state index in [-0.39, 0.29) is 6.04 Å². The Kier molecular flexibility index (Phi) is 4.96. The summed E-state index contributed by atoms with van der Waals surface area (Å²) in [6, 6.07) is 11.2. The van der Waals surface area contributed by atoms with E-state index in [4.69, 9.17) is 4.52 Å². The molecular weight excluding hydrogens is 248 g/mol. The Balaban J connectivity index is 2.16. The average molecular weight is 272 g/mol. The Morgan fingerprint density at radius 2 is 1.90 bits per heavy atom. The van der Waals surface area contributed by atoms with Crippen molar-refractivity contribution in [1.29, 1.82) is 0 Å². The minimum atomic E-state index is 0.234. The van der Waals surface area contributed by atoms with Crippen LogP contribution >= 0.6 is 0 Å². The summed E-state index contributed by atoms with van der Waals surface area (Å²) in [5.74, 6) is 0.908. The van der Waals surface area contributed by atoms with Gasteiger partial charge in [-0.3, -0.25) is 0 Å². The van der Waals surface area contributed by atoms with E-state index in [0.29, 0.717) is 6.04 Å². The fraction of sp³-hybridized carbons (Fsp3) is 0.471. The maximum atomic E-state index is 5.27. The monoisotopic (exact) mass is 272 g/mol. The molecule has 3 heteroatoms. The highest BCUT2D eigenvalue weighted by Crippen LogP contribution is 2.26. The second-order valence-corrected chi connectivity index (χ2v) is 5.38. The number of benzene rings is 1. The summed E-state index contributed by atoms with van der Waals surface area (Å²) in [7, 11) is 0. The van der Waals surface area contributed by atoms with Crippen LogP contribution in [-0.2, 0) is 0 Å². The Morgan fingerprint density at radius 1 is 1.20 bits per heavy atom. The average Bonchev–Trinajstić information content (AvgIpc) is 2.78. The van der Waals surface area contributed by atoms with Gasteiger partial charge in [0.2, 0.25) is 0 Å². The van der Waals surface area contributed by atoms with Crippen LogP contribution < -0.4 is 5.32 Å². The van der Waals surface area contributed by atoms with Gasteiger partial charge in [-0.15, -0.1) is 0 Å². The highest BCUT2D eigenvalue weighted by Gasteiger charge is 2.20. The van der Waals surface area contributed by atoms with Gasteiger partial charge in [-0.25, -0.2) is 0 Å². The zero-order chi connectivity index (χ0) is 14.5. The highest BCUT2D eigenvalue weighted by atomic mass is 16.5. The molecule has 0 fully saturated rings. The predicted octanol–water partition coefficient (Wildman–Crippen LogP) is 4.48. The smallest absolute Gasteiger partial charge is 0.138 e. The van der Waals surface area contributed by atoms with Crippen LogP contribution in [0, 0.1) is 13.8 Å². The van der Waals surface area contributed by atoms with Crippen LogP contribution in [0.5, 0.6) is 0 Å². The molecule has 0 saturated heterocycles. The molecule has 1 aromatic carbocycles. The molecule has 0 aliphatic carbocycles. The van der Waals surface area contributed by atoms with Crippen molar-refractivity contribution in [3.63, 3.8) is 0 Å². The maximum absolute atomic E-state index is 5.27. The minimum Gasteiger partial charge on any atom is -0.361 e. The first kappa shape index (κ1) is 14.8. The molecular formula is C17H24N2O. The first-order valence-electron chi connectivity index (χ1n) is 7.37. The summed E-state index contributed by atoms with van der Waals surface area (Å²) in [5.41, 5.74) is 3.50. The number of hydrogen-bond donors (Lipinski definition) is 1. The van der Waals surface area contributed by atoms with Crippen molar-refractivity contribution in [3.8, 4) is 0 Å². The summed E-state index contributed by atoms with van der Waals surface area (Å²) in [6.07, 6.45) is 2.28. The quantitative estimate of drug-likeness (QED) is 0.842. The standard InChI is InChI=1S/C17H24N2O/c1-5-9-16(15-10-7-6-8-11-15)18-12(2)17-13(3)19-20-14(17)4/h6-8,10-12,16,18H,5,9H2,1-4H3. The summed E-state index contributed by atoms with van der Waals surface area (Å²) in [5, 5.41) is 7.77. The lowest BCUT2D eigenvalue weighted by Gasteiger charge is -2.23. The van der Waals surface area contributed by atoms with Crippen LogP contribution in [0.15, 0.2) is 34.9 Å². The topological polar surface area (TPSA) is 38.1 Å². The van der Waals surface area contributed by atoms with Gasteiger partial charge in [0.25, 0.3) is 0 Å². The third-order valence-corrected chi connectivity index (χ3v) is 3.75. The van der Waals surface area contributed by atoms with Crippen molar-refractivity contribution in [3.05, 3.63) is 52.9 Å². The van der Waals surface area contributed by atoms with Gasteiger partial charge in [0.15, 0.2) is 0 Å². The van der Waals surface area contributed by atoms with E-state index in [2.05, 4.69) is 54.7 Å². The molecule has 108 valence electrons. The Labute approximate surface area is 121 Å². The number of nitrogens with one attached hydrogen (secondary N) is 1. The maximum Gasteiger partial charge on any atom is 0.138 e. The second kappa shape index (κ2) is 6.71. The molecule has 0 spiro atoms. The minimum absolute atomic E-state index is 0.234. The molecule has 0 amide bonds. The molecule has 0 aliphatic rings. The van der Waals surface area contributed by atoms with Crippen LogP contribution in [0.2, 0.25) is 0 Å². The number of aryl methyl sites for hydroxylation is 2. The van der Waals surface area contributed by atoms with Gasteiger partial charge in [-0.2, -0.15) is 0 Å². The zero-order valence-corrected chi connectivity index (χ0v) is 12.8. The molecule has 2 unspecified atom stereocenters. The lowest BCUT2D eigenvalue weighted by Crippen LogP contribution is -2.25.